The van der Waals surface area contributed by atoms with E-state index < -0.39 is 10.0 Å². The third-order valence-electron chi connectivity index (χ3n) is 3.78. The first-order valence-corrected chi connectivity index (χ1v) is 8.69. The Hall–Kier alpha value is -1.27. The van der Waals surface area contributed by atoms with Crippen LogP contribution in [0, 0.1) is 6.92 Å². The van der Waals surface area contributed by atoms with Gasteiger partial charge in [-0.1, -0.05) is 0 Å². The zero-order valence-corrected chi connectivity index (χ0v) is 13.3. The van der Waals surface area contributed by atoms with Crippen molar-refractivity contribution < 1.29 is 8.42 Å². The number of nitrogens with one attached hydrogen (secondary N) is 2. The predicted molar refractivity (Wildman–Crippen MR) is 83.8 cm³/mol. The van der Waals surface area contributed by atoms with Gasteiger partial charge in [0.05, 0.1) is 11.9 Å². The molecule has 6 heteroatoms. The van der Waals surface area contributed by atoms with Crippen molar-refractivity contribution in [3.63, 3.8) is 0 Å². The molecule has 2 atom stereocenters. The first-order chi connectivity index (χ1) is 9.24. The van der Waals surface area contributed by atoms with Crippen LogP contribution in [0.25, 0.3) is 0 Å². The molecule has 0 spiro atoms. The minimum Gasteiger partial charge on any atom is -0.381 e. The highest BCUT2D eigenvalue weighted by molar-refractivity contribution is 7.92. The number of hydrogen-bond acceptors (Lipinski definition) is 4. The van der Waals surface area contributed by atoms with E-state index in [1.807, 2.05) is 19.1 Å². The maximum Gasteiger partial charge on any atom is 0.229 e. The lowest BCUT2D eigenvalue weighted by Gasteiger charge is -2.16. The van der Waals surface area contributed by atoms with Crippen LogP contribution in [0.15, 0.2) is 18.2 Å². The lowest BCUT2D eigenvalue weighted by Crippen LogP contribution is -2.24. The quantitative estimate of drug-likeness (QED) is 0.890. The lowest BCUT2D eigenvalue weighted by atomic mass is 10.1. The third-order valence-corrected chi connectivity index (χ3v) is 4.37. The Morgan fingerprint density at radius 1 is 1.35 bits per heavy atom. The van der Waals surface area contributed by atoms with Crippen molar-refractivity contribution >= 4 is 21.4 Å². The van der Waals surface area contributed by atoms with E-state index in [2.05, 4.69) is 28.9 Å². The van der Waals surface area contributed by atoms with Gasteiger partial charge in [-0.2, -0.15) is 0 Å². The van der Waals surface area contributed by atoms with Crippen LogP contribution < -0.4 is 10.0 Å². The summed E-state index contributed by atoms with van der Waals surface area (Å²) in [6.07, 6.45) is 2.28. The van der Waals surface area contributed by atoms with Crippen LogP contribution >= 0.6 is 0 Å². The first-order valence-electron chi connectivity index (χ1n) is 6.80. The molecule has 112 valence electrons. The Morgan fingerprint density at radius 3 is 2.55 bits per heavy atom. The molecular weight excluding hydrogens is 274 g/mol. The highest BCUT2D eigenvalue weighted by Crippen LogP contribution is 2.24. The van der Waals surface area contributed by atoms with E-state index >= 15 is 0 Å². The minimum atomic E-state index is -3.23. The van der Waals surface area contributed by atoms with Crippen molar-refractivity contribution in [3.05, 3.63) is 23.8 Å². The third kappa shape index (κ3) is 3.86. The van der Waals surface area contributed by atoms with Crippen molar-refractivity contribution in [2.45, 2.75) is 32.4 Å². The number of nitrogens with zero attached hydrogens (tertiary/aromatic N) is 1. The number of hydrogen-bond donors (Lipinski definition) is 2. The molecular formula is C14H23N3O2S. The van der Waals surface area contributed by atoms with E-state index in [0.29, 0.717) is 17.8 Å². The SMILES string of the molecule is Cc1cc(NC2CC(C)N(C)C2)ccc1NS(C)(=O)=O. The molecule has 0 amide bonds. The standard InChI is InChI=1S/C14H23N3O2S/c1-10-7-12(5-6-14(10)16-20(4,18)19)15-13-8-11(2)17(3)9-13/h5-7,11,13,15-16H,8-9H2,1-4H3. The molecule has 2 unspecified atom stereocenters. The fourth-order valence-corrected chi connectivity index (χ4v) is 3.23. The zero-order chi connectivity index (χ0) is 14.9. The zero-order valence-electron chi connectivity index (χ0n) is 12.5. The molecule has 0 bridgehead atoms. The van der Waals surface area contributed by atoms with Gasteiger partial charge in [-0.3, -0.25) is 4.72 Å². The molecule has 2 rings (SSSR count). The van der Waals surface area contributed by atoms with Gasteiger partial charge in [-0.25, -0.2) is 8.42 Å². The van der Waals surface area contributed by atoms with Gasteiger partial charge in [0.2, 0.25) is 10.0 Å². The predicted octanol–water partition coefficient (Wildman–Crippen LogP) is 1.87. The molecule has 5 nitrogen and oxygen atoms in total. The molecule has 1 aromatic carbocycles. The van der Waals surface area contributed by atoms with Crippen LogP contribution in [0.1, 0.15) is 18.9 Å². The van der Waals surface area contributed by atoms with Gasteiger partial charge in [-0.15, -0.1) is 0 Å². The second kappa shape index (κ2) is 5.61. The summed E-state index contributed by atoms with van der Waals surface area (Å²) < 4.78 is 25.0. The molecule has 0 radical (unpaired) electrons. The van der Waals surface area contributed by atoms with Gasteiger partial charge in [0.1, 0.15) is 0 Å². The molecule has 2 N–H and O–H groups in total. The number of rotatable bonds is 4. The number of sulfonamides is 1. The second-order valence-corrected chi connectivity index (χ2v) is 7.52. The second-order valence-electron chi connectivity index (χ2n) is 5.77. The summed E-state index contributed by atoms with van der Waals surface area (Å²) in [4.78, 5) is 2.34. The molecule has 1 heterocycles. The van der Waals surface area contributed by atoms with Crippen molar-refractivity contribution in [3.8, 4) is 0 Å². The van der Waals surface area contributed by atoms with E-state index in [1.165, 1.54) is 0 Å². The number of likely N-dealkylation sites (N-methyl/N-ethyl adjacent to an activating group) is 1. The van der Waals surface area contributed by atoms with Gasteiger partial charge >= 0.3 is 0 Å². The van der Waals surface area contributed by atoms with E-state index in [4.69, 9.17) is 0 Å². The Labute approximate surface area is 121 Å². The van der Waals surface area contributed by atoms with Gasteiger partial charge < -0.3 is 10.2 Å². The van der Waals surface area contributed by atoms with Crippen molar-refractivity contribution in [1.82, 2.24) is 4.90 Å². The summed E-state index contributed by atoms with van der Waals surface area (Å²) >= 11 is 0. The summed E-state index contributed by atoms with van der Waals surface area (Å²) in [5, 5.41) is 3.51. The minimum absolute atomic E-state index is 0.447. The maximum atomic E-state index is 11.3. The van der Waals surface area contributed by atoms with Crippen LogP contribution in [0.3, 0.4) is 0 Å². The molecule has 20 heavy (non-hydrogen) atoms. The van der Waals surface area contributed by atoms with Crippen molar-refractivity contribution in [2.24, 2.45) is 0 Å². The largest absolute Gasteiger partial charge is 0.381 e. The summed E-state index contributed by atoms with van der Waals surface area (Å²) in [5.74, 6) is 0. The molecule has 1 aliphatic rings. The van der Waals surface area contributed by atoms with Crippen LogP contribution in [0.4, 0.5) is 11.4 Å². The maximum absolute atomic E-state index is 11.3. The Morgan fingerprint density at radius 2 is 2.05 bits per heavy atom. The van der Waals surface area contributed by atoms with E-state index in [9.17, 15) is 8.42 Å². The smallest absolute Gasteiger partial charge is 0.229 e. The number of anilines is 2. The molecule has 1 fully saturated rings. The van der Waals surface area contributed by atoms with Crippen molar-refractivity contribution in [1.29, 1.82) is 0 Å². The van der Waals surface area contributed by atoms with Gasteiger partial charge in [0, 0.05) is 24.3 Å². The Bertz CT molecular complexity index is 576. The van der Waals surface area contributed by atoms with Crippen molar-refractivity contribution in [2.75, 3.05) is 29.9 Å². The molecule has 0 aromatic heterocycles. The molecule has 1 saturated heterocycles. The summed E-state index contributed by atoms with van der Waals surface area (Å²) in [6.45, 7) is 5.16. The fourth-order valence-electron chi connectivity index (χ4n) is 2.60. The number of aryl methyl sites for hydroxylation is 1. The number of likely N-dealkylation sites (tertiary alicyclic amines) is 1. The molecule has 1 aromatic rings. The Balaban J connectivity index is 2.06. The molecule has 1 aliphatic heterocycles. The van der Waals surface area contributed by atoms with Gasteiger partial charge in [-0.05, 0) is 51.1 Å². The topological polar surface area (TPSA) is 61.4 Å². The summed E-state index contributed by atoms with van der Waals surface area (Å²) in [7, 11) is -1.09. The van der Waals surface area contributed by atoms with Crippen LogP contribution in [-0.4, -0.2) is 45.2 Å². The summed E-state index contributed by atoms with van der Waals surface area (Å²) in [5.41, 5.74) is 2.59. The lowest BCUT2D eigenvalue weighted by molar-refractivity contribution is 0.330. The highest BCUT2D eigenvalue weighted by atomic mass is 32.2. The average molecular weight is 297 g/mol. The monoisotopic (exact) mass is 297 g/mol. The molecule has 0 saturated carbocycles. The average Bonchev–Trinajstić information content (AvgIpc) is 2.60. The van der Waals surface area contributed by atoms with Crippen LogP contribution in [0.5, 0.6) is 0 Å². The highest BCUT2D eigenvalue weighted by Gasteiger charge is 2.25. The Kier molecular flexibility index (Phi) is 4.25. The first kappa shape index (κ1) is 15.1. The van der Waals surface area contributed by atoms with E-state index in [-0.39, 0.29) is 0 Å². The molecule has 0 aliphatic carbocycles. The van der Waals surface area contributed by atoms with Crippen LogP contribution in [-0.2, 0) is 10.0 Å². The normalized spacial score (nSPS) is 23.8. The van der Waals surface area contributed by atoms with Crippen LogP contribution in [0.2, 0.25) is 0 Å². The van der Waals surface area contributed by atoms with E-state index in [0.717, 1.165) is 30.5 Å². The van der Waals surface area contributed by atoms with Gasteiger partial charge in [0.25, 0.3) is 0 Å². The number of benzene rings is 1. The van der Waals surface area contributed by atoms with Gasteiger partial charge in [0.15, 0.2) is 0 Å². The van der Waals surface area contributed by atoms with E-state index in [1.54, 1.807) is 6.07 Å². The fraction of sp³-hybridized carbons (Fsp3) is 0.571. The summed E-state index contributed by atoms with van der Waals surface area (Å²) in [6, 6.07) is 6.75.